The average molecular weight is 411 g/mol. The number of benzene rings is 1. The topological polar surface area (TPSA) is 85.3 Å². The molecule has 1 aromatic rings. The summed E-state index contributed by atoms with van der Waals surface area (Å²) in [6, 6.07) is 7.48. The van der Waals surface area contributed by atoms with Gasteiger partial charge in [0.2, 0.25) is 0 Å². The first-order valence-electron chi connectivity index (χ1n) is 8.96. The number of hydrogen-bond donors (Lipinski definition) is 0. The molecule has 3 saturated heterocycles. The van der Waals surface area contributed by atoms with Gasteiger partial charge in [0.15, 0.2) is 15.0 Å². The summed E-state index contributed by atoms with van der Waals surface area (Å²) in [4.78, 5) is 18.7. The number of nitrogens with zero attached hydrogens (tertiary/aromatic N) is 2. The molecule has 3 atom stereocenters. The third-order valence-electron chi connectivity index (χ3n) is 5.10. The number of carbonyl (C=O) groups is 1. The molecule has 146 valence electrons. The first-order valence-corrected chi connectivity index (χ1v) is 11.7. The summed E-state index contributed by atoms with van der Waals surface area (Å²) in [6.07, 6.45) is 1.10. The van der Waals surface area contributed by atoms with E-state index in [1.807, 2.05) is 29.2 Å². The van der Waals surface area contributed by atoms with Gasteiger partial charge in [0.1, 0.15) is 11.9 Å². The molecule has 0 bridgehead atoms. The highest BCUT2D eigenvalue weighted by atomic mass is 32.2. The van der Waals surface area contributed by atoms with Crippen LogP contribution in [-0.4, -0.2) is 67.0 Å². The van der Waals surface area contributed by atoms with Crippen LogP contribution in [0, 0.1) is 0 Å². The lowest BCUT2D eigenvalue weighted by Crippen LogP contribution is -2.37. The third kappa shape index (κ3) is 4.00. The van der Waals surface area contributed by atoms with Gasteiger partial charge in [-0.2, -0.15) is 4.99 Å². The van der Waals surface area contributed by atoms with Gasteiger partial charge in [0, 0.05) is 18.4 Å². The van der Waals surface area contributed by atoms with E-state index in [1.165, 1.54) is 11.8 Å². The molecule has 0 saturated carbocycles. The molecule has 0 aliphatic carbocycles. The number of amidine groups is 1. The number of amides is 1. The molecule has 0 aromatic heterocycles. The minimum Gasteiger partial charge on any atom is -0.497 e. The molecular weight excluding hydrogens is 388 g/mol. The van der Waals surface area contributed by atoms with Crippen LogP contribution in [0.1, 0.15) is 18.4 Å². The quantitative estimate of drug-likeness (QED) is 0.743. The fourth-order valence-corrected chi connectivity index (χ4v) is 7.64. The number of ether oxygens (including phenoxy) is 2. The van der Waals surface area contributed by atoms with Crippen molar-refractivity contribution in [1.82, 2.24) is 4.90 Å². The highest BCUT2D eigenvalue weighted by Crippen LogP contribution is 2.39. The van der Waals surface area contributed by atoms with Crippen molar-refractivity contribution in [3.05, 3.63) is 29.8 Å². The predicted molar refractivity (Wildman–Crippen MR) is 104 cm³/mol. The fraction of sp³-hybridized carbons (Fsp3) is 0.556. The number of methoxy groups -OCH3 is 1. The van der Waals surface area contributed by atoms with Gasteiger partial charge >= 0.3 is 0 Å². The Morgan fingerprint density at radius 3 is 2.78 bits per heavy atom. The van der Waals surface area contributed by atoms with Crippen molar-refractivity contribution in [3.63, 3.8) is 0 Å². The Bertz CT molecular complexity index is 847. The molecule has 3 fully saturated rings. The highest BCUT2D eigenvalue weighted by molar-refractivity contribution is 8.15. The number of hydrogen-bond acceptors (Lipinski definition) is 6. The monoisotopic (exact) mass is 410 g/mol. The zero-order valence-corrected chi connectivity index (χ0v) is 16.7. The standard InChI is InChI=1S/C18H22N2O5S2/c1-24-13-6-4-12(5-7-13)9-20-14-10-27(22,23)11-16(14)26-18(20)19-17(21)15-3-2-8-25-15/h4-7,14-16H,2-3,8-11H2,1H3/t14-,15+,16-/m1/s1. The van der Waals surface area contributed by atoms with Gasteiger partial charge < -0.3 is 14.4 Å². The summed E-state index contributed by atoms with van der Waals surface area (Å²) in [5.74, 6) is 0.735. The second-order valence-corrected chi connectivity index (χ2v) is 10.4. The molecule has 1 aromatic carbocycles. The van der Waals surface area contributed by atoms with Crippen LogP contribution >= 0.6 is 11.8 Å². The molecule has 7 nitrogen and oxygen atoms in total. The second kappa shape index (κ2) is 7.44. The minimum atomic E-state index is -3.06. The first-order chi connectivity index (χ1) is 12.9. The van der Waals surface area contributed by atoms with Crippen molar-refractivity contribution in [1.29, 1.82) is 0 Å². The molecule has 9 heteroatoms. The second-order valence-electron chi connectivity index (χ2n) is 7.01. The van der Waals surface area contributed by atoms with Crippen LogP contribution < -0.4 is 4.74 Å². The van der Waals surface area contributed by atoms with Crippen molar-refractivity contribution in [2.45, 2.75) is 36.8 Å². The Morgan fingerprint density at radius 2 is 2.11 bits per heavy atom. The van der Waals surface area contributed by atoms with Gasteiger partial charge in [0.05, 0.1) is 24.7 Å². The summed E-state index contributed by atoms with van der Waals surface area (Å²) >= 11 is 1.40. The van der Waals surface area contributed by atoms with E-state index in [2.05, 4.69) is 4.99 Å². The molecule has 0 spiro atoms. The molecular formula is C18H22N2O5S2. The number of aliphatic imine (C=N–C) groups is 1. The predicted octanol–water partition coefficient (Wildman–Crippen LogP) is 1.47. The molecule has 3 aliphatic rings. The highest BCUT2D eigenvalue weighted by Gasteiger charge is 2.48. The van der Waals surface area contributed by atoms with Crippen LogP contribution in [0.25, 0.3) is 0 Å². The molecule has 1 amide bonds. The van der Waals surface area contributed by atoms with E-state index in [0.717, 1.165) is 17.7 Å². The number of carbonyl (C=O) groups excluding carboxylic acids is 1. The van der Waals surface area contributed by atoms with Crippen molar-refractivity contribution < 1.29 is 22.7 Å². The maximum atomic E-state index is 12.4. The van der Waals surface area contributed by atoms with Crippen LogP contribution in [0.15, 0.2) is 29.3 Å². The van der Waals surface area contributed by atoms with E-state index in [9.17, 15) is 13.2 Å². The largest absolute Gasteiger partial charge is 0.497 e. The van der Waals surface area contributed by atoms with Gasteiger partial charge in [-0.3, -0.25) is 4.79 Å². The number of thioether (sulfide) groups is 1. The summed E-state index contributed by atoms with van der Waals surface area (Å²) in [5, 5.41) is 0.528. The molecule has 3 heterocycles. The fourth-order valence-electron chi connectivity index (χ4n) is 3.69. The van der Waals surface area contributed by atoms with Gasteiger partial charge in [-0.15, -0.1) is 0 Å². The maximum absolute atomic E-state index is 12.4. The lowest BCUT2D eigenvalue weighted by molar-refractivity contribution is -0.126. The van der Waals surface area contributed by atoms with Crippen molar-refractivity contribution in [2.24, 2.45) is 4.99 Å². The first kappa shape index (κ1) is 18.8. The van der Waals surface area contributed by atoms with Crippen LogP contribution in [0.3, 0.4) is 0 Å². The van der Waals surface area contributed by atoms with Gasteiger partial charge in [-0.1, -0.05) is 23.9 Å². The Kier molecular flexibility index (Phi) is 5.17. The smallest absolute Gasteiger partial charge is 0.277 e. The minimum absolute atomic E-state index is 0.0794. The van der Waals surface area contributed by atoms with Gasteiger partial charge in [0.25, 0.3) is 5.91 Å². The summed E-state index contributed by atoms with van der Waals surface area (Å²) < 4.78 is 34.8. The normalized spacial score (nSPS) is 30.6. The van der Waals surface area contributed by atoms with Crippen molar-refractivity contribution in [3.8, 4) is 5.75 Å². The Morgan fingerprint density at radius 1 is 1.33 bits per heavy atom. The Hall–Kier alpha value is -1.58. The van der Waals surface area contributed by atoms with E-state index >= 15 is 0 Å². The number of fused-ring (bicyclic) bond motifs is 1. The Labute approximate surface area is 163 Å². The molecule has 0 unspecified atom stereocenters. The molecule has 0 radical (unpaired) electrons. The van der Waals surface area contributed by atoms with Crippen LogP contribution in [0.4, 0.5) is 0 Å². The van der Waals surface area contributed by atoms with Crippen LogP contribution in [-0.2, 0) is 25.9 Å². The molecule has 27 heavy (non-hydrogen) atoms. The van der Waals surface area contributed by atoms with Crippen molar-refractivity contribution in [2.75, 3.05) is 25.2 Å². The zero-order chi connectivity index (χ0) is 19.0. The average Bonchev–Trinajstić information content (AvgIpc) is 3.33. The summed E-state index contributed by atoms with van der Waals surface area (Å²) in [5.41, 5.74) is 1.01. The van der Waals surface area contributed by atoms with Gasteiger partial charge in [-0.05, 0) is 30.5 Å². The maximum Gasteiger partial charge on any atom is 0.277 e. The van der Waals surface area contributed by atoms with E-state index in [4.69, 9.17) is 9.47 Å². The van der Waals surface area contributed by atoms with E-state index < -0.39 is 15.9 Å². The summed E-state index contributed by atoms with van der Waals surface area (Å²) in [7, 11) is -1.44. The van der Waals surface area contributed by atoms with Gasteiger partial charge in [-0.25, -0.2) is 8.42 Å². The number of rotatable bonds is 4. The number of sulfone groups is 1. The van der Waals surface area contributed by atoms with E-state index in [1.54, 1.807) is 7.11 Å². The Balaban J connectivity index is 1.58. The molecule has 4 rings (SSSR count). The van der Waals surface area contributed by atoms with E-state index in [-0.39, 0.29) is 28.7 Å². The van der Waals surface area contributed by atoms with E-state index in [0.29, 0.717) is 24.7 Å². The van der Waals surface area contributed by atoms with Crippen molar-refractivity contribution >= 4 is 32.7 Å². The molecule has 0 N–H and O–H groups in total. The van der Waals surface area contributed by atoms with Crippen LogP contribution in [0.5, 0.6) is 5.75 Å². The lowest BCUT2D eigenvalue weighted by atomic mass is 10.1. The lowest BCUT2D eigenvalue weighted by Gasteiger charge is -2.24. The summed E-state index contributed by atoms with van der Waals surface area (Å²) in [6.45, 7) is 1.10. The SMILES string of the molecule is COc1ccc(CN2C(=NC(=O)[C@@H]3CCCO3)S[C@@H]3CS(=O)(=O)C[C@H]32)cc1. The molecule has 3 aliphatic heterocycles. The van der Waals surface area contributed by atoms with Crippen LogP contribution in [0.2, 0.25) is 0 Å². The third-order valence-corrected chi connectivity index (χ3v) is 8.35. The zero-order valence-electron chi connectivity index (χ0n) is 15.0.